The number of aromatic hydroxyl groups is 1. The van der Waals surface area contributed by atoms with Crippen molar-refractivity contribution in [3.63, 3.8) is 0 Å². The molecule has 1 saturated carbocycles. The fourth-order valence-corrected chi connectivity index (χ4v) is 8.26. The van der Waals surface area contributed by atoms with Gasteiger partial charge in [0.15, 0.2) is 0 Å². The molecule has 3 nitrogen and oxygen atoms in total. The smallest absolute Gasteiger partial charge is 0.147 e. The summed E-state index contributed by atoms with van der Waals surface area (Å²) in [5.41, 5.74) is 7.95. The molecular weight excluding hydrogens is 581 g/mol. The van der Waals surface area contributed by atoms with Gasteiger partial charge in [-0.3, -0.25) is 0 Å². The van der Waals surface area contributed by atoms with E-state index in [4.69, 9.17) is 4.74 Å². The zero-order chi connectivity index (χ0) is 33.8. The van der Waals surface area contributed by atoms with E-state index in [1.165, 1.54) is 19.3 Å². The van der Waals surface area contributed by atoms with Crippen LogP contribution in [-0.4, -0.2) is 16.3 Å². The second-order valence-corrected chi connectivity index (χ2v) is 16.3. The van der Waals surface area contributed by atoms with Gasteiger partial charge >= 0.3 is 0 Å². The Balaban J connectivity index is 1.64. The minimum absolute atomic E-state index is 0.0726. The van der Waals surface area contributed by atoms with Crippen LogP contribution in [-0.2, 0) is 5.41 Å². The number of hydrogen-bond acceptors (Lipinski definition) is 2. The van der Waals surface area contributed by atoms with Crippen molar-refractivity contribution >= 4 is 21.8 Å². The summed E-state index contributed by atoms with van der Waals surface area (Å²) in [7, 11) is 0. The van der Waals surface area contributed by atoms with Gasteiger partial charge in [0.05, 0.1) is 23.3 Å². The molecule has 1 N–H and O–H groups in total. The van der Waals surface area contributed by atoms with Crippen molar-refractivity contribution < 1.29 is 14.2 Å². The molecule has 6 rings (SSSR count). The average molecular weight is 634 g/mol. The van der Waals surface area contributed by atoms with Crippen molar-refractivity contribution in [2.45, 2.75) is 99.8 Å². The summed E-state index contributed by atoms with van der Waals surface area (Å²) in [5.74, 6) is 1.51. The number of halogens is 1. The van der Waals surface area contributed by atoms with Crippen LogP contribution in [0.1, 0.15) is 95.9 Å². The van der Waals surface area contributed by atoms with E-state index >= 15 is 4.39 Å². The summed E-state index contributed by atoms with van der Waals surface area (Å²) in [6.45, 7) is 20.4. The predicted octanol–water partition coefficient (Wildman–Crippen LogP) is 12.1. The maximum atomic E-state index is 15.4. The third-order valence-electron chi connectivity index (χ3n) is 10.4. The summed E-state index contributed by atoms with van der Waals surface area (Å²) in [6.07, 6.45) is 5.79. The van der Waals surface area contributed by atoms with Crippen LogP contribution in [0.15, 0.2) is 60.7 Å². The van der Waals surface area contributed by atoms with Crippen LogP contribution in [0, 0.1) is 43.8 Å². The van der Waals surface area contributed by atoms with Crippen molar-refractivity contribution in [2.75, 3.05) is 6.61 Å². The van der Waals surface area contributed by atoms with E-state index in [0.717, 1.165) is 56.9 Å². The van der Waals surface area contributed by atoms with E-state index in [0.29, 0.717) is 41.0 Å². The van der Waals surface area contributed by atoms with Crippen LogP contribution in [0.5, 0.6) is 11.5 Å². The summed E-state index contributed by atoms with van der Waals surface area (Å²) in [4.78, 5) is 0. The van der Waals surface area contributed by atoms with Gasteiger partial charge in [0.25, 0.3) is 0 Å². The van der Waals surface area contributed by atoms with Gasteiger partial charge in [0, 0.05) is 21.9 Å². The minimum Gasteiger partial charge on any atom is -0.505 e. The summed E-state index contributed by atoms with van der Waals surface area (Å²) >= 11 is 0. The van der Waals surface area contributed by atoms with Crippen LogP contribution >= 0.6 is 0 Å². The number of nitrogens with zero attached hydrogens (tertiary/aromatic N) is 1. The number of aromatic nitrogens is 1. The molecular formula is C43H52FNO2. The number of ether oxygens (including phenoxy) is 1. The third-order valence-corrected chi connectivity index (χ3v) is 10.4. The zero-order valence-electron chi connectivity index (χ0n) is 29.9. The lowest BCUT2D eigenvalue weighted by molar-refractivity contribution is 0.159. The molecule has 1 heterocycles. The number of fused-ring (bicyclic) bond motifs is 3. The molecule has 0 unspecified atom stereocenters. The Morgan fingerprint density at radius 3 is 2.02 bits per heavy atom. The van der Waals surface area contributed by atoms with E-state index in [-0.39, 0.29) is 22.4 Å². The van der Waals surface area contributed by atoms with E-state index in [9.17, 15) is 5.11 Å². The highest BCUT2D eigenvalue weighted by molar-refractivity contribution is 6.10. The number of phenols is 1. The normalized spacial score (nSPS) is 17.5. The third kappa shape index (κ3) is 6.53. The first kappa shape index (κ1) is 33.1. The van der Waals surface area contributed by atoms with Crippen LogP contribution in [0.2, 0.25) is 0 Å². The maximum Gasteiger partial charge on any atom is 0.147 e. The lowest BCUT2D eigenvalue weighted by Gasteiger charge is -2.34. The second-order valence-electron chi connectivity index (χ2n) is 16.3. The average Bonchev–Trinajstić information content (AvgIpc) is 3.28. The lowest BCUT2D eigenvalue weighted by atomic mass is 9.71. The molecule has 4 heteroatoms. The maximum absolute atomic E-state index is 15.4. The second kappa shape index (κ2) is 12.3. The Morgan fingerprint density at radius 1 is 0.809 bits per heavy atom. The quantitative estimate of drug-likeness (QED) is 0.193. The molecule has 47 heavy (non-hydrogen) atoms. The van der Waals surface area contributed by atoms with Crippen molar-refractivity contribution in [3.8, 4) is 28.3 Å². The van der Waals surface area contributed by atoms with Gasteiger partial charge in [-0.25, -0.2) is 4.39 Å². The summed E-state index contributed by atoms with van der Waals surface area (Å²) < 4.78 is 24.2. The van der Waals surface area contributed by atoms with Gasteiger partial charge in [-0.1, -0.05) is 85.1 Å². The zero-order valence-corrected chi connectivity index (χ0v) is 29.9. The van der Waals surface area contributed by atoms with E-state index in [2.05, 4.69) is 108 Å². The van der Waals surface area contributed by atoms with Gasteiger partial charge < -0.3 is 14.4 Å². The van der Waals surface area contributed by atoms with Crippen LogP contribution in [0.4, 0.5) is 4.39 Å². The molecule has 0 radical (unpaired) electrons. The Morgan fingerprint density at radius 2 is 1.43 bits per heavy atom. The van der Waals surface area contributed by atoms with Crippen LogP contribution < -0.4 is 4.74 Å². The van der Waals surface area contributed by atoms with Crippen LogP contribution in [0.3, 0.4) is 0 Å². The molecule has 1 fully saturated rings. The van der Waals surface area contributed by atoms with Crippen molar-refractivity contribution in [2.24, 2.45) is 17.3 Å². The molecule has 5 aromatic rings. The number of hydrogen-bond donors (Lipinski definition) is 1. The van der Waals surface area contributed by atoms with Gasteiger partial charge in [-0.2, -0.15) is 0 Å². The standard InChI is InChI=1S/C43H52FNO2/c1-26-14-16-33-34-17-15-27(2)19-38(34)45(37(33)18-26)39-22-31(43(8,9)25-42(5,6)7)21-35(40(39)46)36-23-32(44)20-29(4)41(36)47-24-30-13-11-10-12-28(30)3/h14-23,28,30,46H,10-13,24-25H2,1-9H3/t28-,30+/m1/s1. The molecule has 0 saturated heterocycles. The van der Waals surface area contributed by atoms with Gasteiger partial charge in [-0.15, -0.1) is 0 Å². The van der Waals surface area contributed by atoms with Gasteiger partial charge in [0.1, 0.15) is 17.3 Å². The Labute approximate surface area is 280 Å². The predicted molar refractivity (Wildman–Crippen MR) is 196 cm³/mol. The Bertz CT molecular complexity index is 1900. The molecule has 1 aliphatic rings. The Kier molecular flexibility index (Phi) is 8.70. The first-order valence-corrected chi connectivity index (χ1v) is 17.5. The fourth-order valence-electron chi connectivity index (χ4n) is 8.26. The number of phenolic OH excluding ortho intramolecular Hbond substituents is 1. The molecule has 0 aliphatic heterocycles. The molecule has 1 aromatic heterocycles. The molecule has 0 bridgehead atoms. The topological polar surface area (TPSA) is 34.4 Å². The SMILES string of the molecule is Cc1ccc2c3ccc(C)cc3n(-c3cc(C(C)(C)CC(C)(C)C)cc(-c4cc(F)cc(C)c4OC[C@@H]4CCCC[C@H]4C)c3O)c2c1. The number of rotatable bonds is 7. The monoisotopic (exact) mass is 633 g/mol. The fraction of sp³-hybridized carbons (Fsp3) is 0.442. The highest BCUT2D eigenvalue weighted by atomic mass is 19.1. The molecule has 248 valence electrons. The minimum atomic E-state index is -0.334. The van der Waals surface area contributed by atoms with Crippen LogP contribution in [0.25, 0.3) is 38.6 Å². The summed E-state index contributed by atoms with van der Waals surface area (Å²) in [5, 5.41) is 14.7. The largest absolute Gasteiger partial charge is 0.505 e. The highest BCUT2D eigenvalue weighted by Gasteiger charge is 2.31. The molecule has 0 spiro atoms. The Hall–Kier alpha value is -3.79. The van der Waals surface area contributed by atoms with Gasteiger partial charge in [0.2, 0.25) is 0 Å². The van der Waals surface area contributed by atoms with E-state index in [1.807, 2.05) is 6.92 Å². The number of benzene rings is 4. The van der Waals surface area contributed by atoms with E-state index < -0.39 is 0 Å². The molecule has 1 aliphatic carbocycles. The summed E-state index contributed by atoms with van der Waals surface area (Å²) in [6, 6.07) is 20.4. The number of aryl methyl sites for hydroxylation is 3. The molecule has 4 aromatic carbocycles. The first-order chi connectivity index (χ1) is 22.1. The highest BCUT2D eigenvalue weighted by Crippen LogP contribution is 2.48. The lowest BCUT2D eigenvalue weighted by Crippen LogP contribution is -2.25. The van der Waals surface area contributed by atoms with Crippen molar-refractivity contribution in [1.82, 2.24) is 4.57 Å². The molecule has 2 atom stereocenters. The molecule has 0 amide bonds. The van der Waals surface area contributed by atoms with Gasteiger partial charge in [-0.05, 0) is 115 Å². The van der Waals surface area contributed by atoms with Crippen molar-refractivity contribution in [1.29, 1.82) is 0 Å². The van der Waals surface area contributed by atoms with E-state index in [1.54, 1.807) is 12.1 Å². The van der Waals surface area contributed by atoms with Crippen molar-refractivity contribution in [3.05, 3.63) is 88.7 Å². The first-order valence-electron chi connectivity index (χ1n) is 17.5.